The number of esters is 1. The first-order valence-electron chi connectivity index (χ1n) is 5.97. The van der Waals surface area contributed by atoms with Crippen LogP contribution in [-0.4, -0.2) is 41.5 Å². The summed E-state index contributed by atoms with van der Waals surface area (Å²) in [6.07, 6.45) is 0. The van der Waals surface area contributed by atoms with Gasteiger partial charge in [-0.25, -0.2) is 9.79 Å². The lowest BCUT2D eigenvalue weighted by Crippen LogP contribution is -2.55. The number of halogens is 4. The fourth-order valence-corrected chi connectivity index (χ4v) is 1.41. The van der Waals surface area contributed by atoms with Crippen LogP contribution < -0.4 is 5.73 Å². The maximum absolute atomic E-state index is 13.6. The fraction of sp³-hybridized carbons (Fsp3) is 0.250. The van der Waals surface area contributed by atoms with E-state index < -0.39 is 34.4 Å². The maximum atomic E-state index is 13.6. The van der Waals surface area contributed by atoms with Gasteiger partial charge < -0.3 is 10.5 Å². The van der Waals surface area contributed by atoms with E-state index in [1.807, 2.05) is 0 Å². The van der Waals surface area contributed by atoms with Gasteiger partial charge in [0.2, 0.25) is 0 Å². The summed E-state index contributed by atoms with van der Waals surface area (Å²) in [6, 6.07) is 3.90. The Kier molecular flexibility index (Phi) is 5.22. The molecule has 0 atom stereocenters. The monoisotopic (exact) mass is 350 g/mol. The SMILES string of the molecule is COC(=O)C(F)(F)C(F)(F)C(N)=NC(=N)c1ccc([N+](=O)[O-])cc1. The van der Waals surface area contributed by atoms with E-state index in [0.29, 0.717) is 7.11 Å². The van der Waals surface area contributed by atoms with Gasteiger partial charge in [0.1, 0.15) is 0 Å². The van der Waals surface area contributed by atoms with Gasteiger partial charge in [-0.2, -0.15) is 17.6 Å². The zero-order valence-corrected chi connectivity index (χ0v) is 11.9. The Bertz CT molecular complexity index is 704. The molecule has 0 saturated heterocycles. The number of non-ortho nitro benzene ring substituents is 1. The van der Waals surface area contributed by atoms with Gasteiger partial charge in [0, 0.05) is 17.7 Å². The van der Waals surface area contributed by atoms with E-state index in [1.54, 1.807) is 0 Å². The third-order valence-electron chi connectivity index (χ3n) is 2.74. The van der Waals surface area contributed by atoms with E-state index >= 15 is 0 Å². The number of benzene rings is 1. The molecule has 0 spiro atoms. The number of nitro groups is 1. The Balaban J connectivity index is 3.12. The number of carbonyl (C=O) groups excluding carboxylic acids is 1. The van der Waals surface area contributed by atoms with Crippen LogP contribution >= 0.6 is 0 Å². The first-order valence-corrected chi connectivity index (χ1v) is 5.97. The standard InChI is InChI=1S/C12H10F4N4O4/c1-24-10(21)12(15,16)11(13,14)9(18)19-8(17)6-2-4-7(5-3-6)20(22)23/h2-5H,1H3,(H3,17,18,19). The number of hydrogen-bond acceptors (Lipinski definition) is 5. The number of hydrogen-bond donors (Lipinski definition) is 2. The highest BCUT2D eigenvalue weighted by Gasteiger charge is 2.66. The molecule has 0 fully saturated rings. The molecule has 0 saturated carbocycles. The molecule has 130 valence electrons. The molecule has 24 heavy (non-hydrogen) atoms. The van der Waals surface area contributed by atoms with E-state index in [2.05, 4.69) is 9.73 Å². The van der Waals surface area contributed by atoms with Crippen LogP contribution in [0.3, 0.4) is 0 Å². The minimum atomic E-state index is -5.29. The van der Waals surface area contributed by atoms with Crippen molar-refractivity contribution in [3.8, 4) is 0 Å². The number of aliphatic imine (C=N–C) groups is 1. The zero-order chi connectivity index (χ0) is 18.7. The number of nitrogens with one attached hydrogen (secondary N) is 1. The van der Waals surface area contributed by atoms with Gasteiger partial charge in [-0.1, -0.05) is 0 Å². The minimum absolute atomic E-state index is 0.194. The number of amidine groups is 2. The van der Waals surface area contributed by atoms with Crippen LogP contribution in [0.1, 0.15) is 5.56 Å². The van der Waals surface area contributed by atoms with E-state index in [0.717, 1.165) is 24.3 Å². The van der Waals surface area contributed by atoms with Crippen molar-refractivity contribution in [3.63, 3.8) is 0 Å². The van der Waals surface area contributed by atoms with Crippen LogP contribution in [0.4, 0.5) is 23.2 Å². The summed E-state index contributed by atoms with van der Waals surface area (Å²) in [6.45, 7) is 0. The van der Waals surface area contributed by atoms with E-state index in [4.69, 9.17) is 11.1 Å². The Morgan fingerprint density at radius 2 is 1.75 bits per heavy atom. The summed E-state index contributed by atoms with van der Waals surface area (Å²) in [5, 5.41) is 17.9. The summed E-state index contributed by atoms with van der Waals surface area (Å²) in [7, 11) is 0.485. The van der Waals surface area contributed by atoms with Crippen LogP contribution in [0.5, 0.6) is 0 Å². The highest BCUT2D eigenvalue weighted by atomic mass is 19.3. The lowest BCUT2D eigenvalue weighted by atomic mass is 10.1. The van der Waals surface area contributed by atoms with Crippen molar-refractivity contribution in [2.75, 3.05) is 7.11 Å². The van der Waals surface area contributed by atoms with Crippen LogP contribution in [-0.2, 0) is 9.53 Å². The number of nitrogens with two attached hydrogens (primary N) is 1. The fourth-order valence-electron chi connectivity index (χ4n) is 1.41. The molecule has 0 unspecified atom stereocenters. The molecular weight excluding hydrogens is 340 g/mol. The topological polar surface area (TPSA) is 132 Å². The Morgan fingerprint density at radius 1 is 1.25 bits per heavy atom. The van der Waals surface area contributed by atoms with Gasteiger partial charge >= 0.3 is 17.8 Å². The van der Waals surface area contributed by atoms with Gasteiger partial charge in [-0.15, -0.1) is 0 Å². The number of nitro benzene ring substituents is 1. The normalized spacial score (nSPS) is 12.6. The lowest BCUT2D eigenvalue weighted by Gasteiger charge is -2.23. The number of nitrogens with zero attached hydrogens (tertiary/aromatic N) is 2. The van der Waals surface area contributed by atoms with Crippen molar-refractivity contribution in [2.45, 2.75) is 11.8 Å². The highest BCUT2D eigenvalue weighted by Crippen LogP contribution is 2.35. The second kappa shape index (κ2) is 6.60. The minimum Gasteiger partial charge on any atom is -0.464 e. The quantitative estimate of drug-likeness (QED) is 0.208. The number of rotatable bonds is 5. The zero-order valence-electron chi connectivity index (χ0n) is 11.9. The third kappa shape index (κ3) is 3.47. The van der Waals surface area contributed by atoms with Gasteiger partial charge in [-0.3, -0.25) is 15.5 Å². The summed E-state index contributed by atoms with van der Waals surface area (Å²) < 4.78 is 57.4. The van der Waals surface area contributed by atoms with Crippen molar-refractivity contribution < 1.29 is 32.0 Å². The average Bonchev–Trinajstić information content (AvgIpc) is 2.53. The van der Waals surface area contributed by atoms with Crippen molar-refractivity contribution >= 4 is 23.3 Å². The van der Waals surface area contributed by atoms with Crippen LogP contribution in [0.15, 0.2) is 29.3 Å². The van der Waals surface area contributed by atoms with Gasteiger partial charge in [0.05, 0.1) is 12.0 Å². The molecule has 1 rings (SSSR count). The van der Waals surface area contributed by atoms with E-state index in [-0.39, 0.29) is 11.3 Å². The van der Waals surface area contributed by atoms with Gasteiger partial charge in [0.15, 0.2) is 11.7 Å². The summed E-state index contributed by atoms with van der Waals surface area (Å²) in [5.41, 5.74) is 4.27. The molecule has 0 bridgehead atoms. The molecule has 0 aliphatic carbocycles. The number of alkyl halides is 4. The second-order valence-electron chi connectivity index (χ2n) is 4.29. The highest BCUT2D eigenvalue weighted by molar-refractivity contribution is 6.07. The first kappa shape index (κ1) is 19.0. The molecule has 12 heteroatoms. The van der Waals surface area contributed by atoms with Crippen molar-refractivity contribution in [1.82, 2.24) is 0 Å². The first-order chi connectivity index (χ1) is 10.9. The summed E-state index contributed by atoms with van der Waals surface area (Å²) >= 11 is 0. The molecular formula is C12H10F4N4O4. The number of methoxy groups -OCH3 is 1. The van der Waals surface area contributed by atoms with Crippen molar-refractivity contribution in [2.24, 2.45) is 10.7 Å². The van der Waals surface area contributed by atoms with Crippen LogP contribution in [0.2, 0.25) is 0 Å². The van der Waals surface area contributed by atoms with E-state index in [1.165, 1.54) is 0 Å². The molecule has 0 amide bonds. The molecule has 0 aliphatic rings. The Morgan fingerprint density at radius 3 is 2.17 bits per heavy atom. The molecule has 0 heterocycles. The van der Waals surface area contributed by atoms with Gasteiger partial charge in [-0.05, 0) is 12.1 Å². The average molecular weight is 350 g/mol. The number of carbonyl (C=O) groups is 1. The predicted molar refractivity (Wildman–Crippen MR) is 73.5 cm³/mol. The molecule has 0 aromatic heterocycles. The largest absolute Gasteiger partial charge is 0.464 e. The maximum Gasteiger partial charge on any atom is 0.411 e. The van der Waals surface area contributed by atoms with Gasteiger partial charge in [0.25, 0.3) is 5.69 Å². The third-order valence-corrected chi connectivity index (χ3v) is 2.74. The molecule has 0 radical (unpaired) electrons. The van der Waals surface area contributed by atoms with Crippen LogP contribution in [0.25, 0.3) is 0 Å². The second-order valence-corrected chi connectivity index (χ2v) is 4.29. The predicted octanol–water partition coefficient (Wildman–Crippen LogP) is 1.72. The molecule has 1 aromatic rings. The molecule has 3 N–H and O–H groups in total. The summed E-state index contributed by atoms with van der Waals surface area (Å²) in [5.74, 6) is -15.9. The molecule has 8 nitrogen and oxygen atoms in total. The molecule has 0 aliphatic heterocycles. The van der Waals surface area contributed by atoms with E-state index in [9.17, 15) is 32.5 Å². The Hall–Kier alpha value is -3.05. The van der Waals surface area contributed by atoms with Crippen molar-refractivity contribution in [1.29, 1.82) is 5.41 Å². The summed E-state index contributed by atoms with van der Waals surface area (Å²) in [4.78, 5) is 23.3. The smallest absolute Gasteiger partial charge is 0.411 e. The Labute approximate surface area is 131 Å². The van der Waals surface area contributed by atoms with Crippen molar-refractivity contribution in [3.05, 3.63) is 39.9 Å². The number of ether oxygens (including phenoxy) is 1. The molecule has 1 aromatic carbocycles. The lowest BCUT2D eigenvalue weighted by molar-refractivity contribution is -0.384. The van der Waals surface area contributed by atoms with Crippen LogP contribution in [0, 0.1) is 15.5 Å².